The Morgan fingerprint density at radius 3 is 2.75 bits per heavy atom. The van der Waals surface area contributed by atoms with E-state index in [2.05, 4.69) is 20.8 Å². The Morgan fingerprint density at radius 2 is 2.10 bits per heavy atom. The fourth-order valence-corrected chi connectivity index (χ4v) is 2.51. The number of rotatable bonds is 7. The fourth-order valence-electron chi connectivity index (χ4n) is 1.67. The van der Waals surface area contributed by atoms with Crippen molar-refractivity contribution in [1.82, 2.24) is 25.4 Å². The van der Waals surface area contributed by atoms with Crippen LogP contribution in [0.4, 0.5) is 0 Å². The molecule has 1 aliphatic rings. The molecule has 3 N–H and O–H groups in total. The van der Waals surface area contributed by atoms with Gasteiger partial charge < -0.3 is 10.6 Å². The van der Waals surface area contributed by atoms with E-state index in [9.17, 15) is 14.4 Å². The van der Waals surface area contributed by atoms with E-state index in [0.29, 0.717) is 18.2 Å². The summed E-state index contributed by atoms with van der Waals surface area (Å²) in [6.45, 7) is 2.21. The highest BCUT2D eigenvalue weighted by molar-refractivity contribution is 7.99. The van der Waals surface area contributed by atoms with Gasteiger partial charge >= 0.3 is 5.69 Å². The number of aromatic nitrogens is 3. The number of thioether (sulfide) groups is 1. The SMILES string of the molecule is CC(=O)NCCNC(=O)CSc1n[nH]c(=O)n1C1CC1. The molecule has 1 fully saturated rings. The lowest BCUT2D eigenvalue weighted by Gasteiger charge is -2.06. The number of carbonyl (C=O) groups excluding carboxylic acids is 2. The summed E-state index contributed by atoms with van der Waals surface area (Å²) in [5, 5.41) is 12.1. The molecule has 2 amide bonds. The summed E-state index contributed by atoms with van der Waals surface area (Å²) in [5.41, 5.74) is -0.221. The molecule has 1 heterocycles. The van der Waals surface area contributed by atoms with E-state index in [-0.39, 0.29) is 29.3 Å². The number of carbonyl (C=O) groups is 2. The van der Waals surface area contributed by atoms with E-state index >= 15 is 0 Å². The molecule has 1 aliphatic carbocycles. The average molecular weight is 299 g/mol. The van der Waals surface area contributed by atoms with Crippen LogP contribution in [0, 0.1) is 0 Å². The number of H-pyrrole nitrogens is 1. The van der Waals surface area contributed by atoms with Crippen molar-refractivity contribution in [1.29, 1.82) is 0 Å². The molecule has 0 saturated heterocycles. The predicted octanol–water partition coefficient (Wildman–Crippen LogP) is -0.749. The third-order valence-electron chi connectivity index (χ3n) is 2.74. The Hall–Kier alpha value is -1.77. The van der Waals surface area contributed by atoms with E-state index in [1.165, 1.54) is 18.7 Å². The first kappa shape index (κ1) is 14.6. The molecular formula is C11H17N5O3S. The number of nitrogens with one attached hydrogen (secondary N) is 3. The van der Waals surface area contributed by atoms with Crippen LogP contribution in [0.2, 0.25) is 0 Å². The minimum Gasteiger partial charge on any atom is -0.355 e. The first-order valence-electron chi connectivity index (χ1n) is 6.38. The number of aromatic amines is 1. The molecule has 0 unspecified atom stereocenters. The highest BCUT2D eigenvalue weighted by atomic mass is 32.2. The lowest BCUT2D eigenvalue weighted by Crippen LogP contribution is -2.34. The van der Waals surface area contributed by atoms with Crippen LogP contribution in [0.5, 0.6) is 0 Å². The number of nitrogens with zero attached hydrogens (tertiary/aromatic N) is 2. The molecule has 0 bridgehead atoms. The van der Waals surface area contributed by atoms with Gasteiger partial charge in [-0.25, -0.2) is 9.89 Å². The Bertz CT molecular complexity index is 548. The van der Waals surface area contributed by atoms with Gasteiger partial charge in [-0.15, -0.1) is 5.10 Å². The number of hydrogen-bond donors (Lipinski definition) is 3. The summed E-state index contributed by atoms with van der Waals surface area (Å²) in [6, 6.07) is 0.228. The molecule has 0 aliphatic heterocycles. The molecule has 110 valence electrons. The first-order chi connectivity index (χ1) is 9.58. The van der Waals surface area contributed by atoms with Crippen molar-refractivity contribution in [3.05, 3.63) is 10.5 Å². The molecule has 0 aromatic carbocycles. The van der Waals surface area contributed by atoms with Gasteiger partial charge in [0.25, 0.3) is 0 Å². The third-order valence-corrected chi connectivity index (χ3v) is 3.69. The summed E-state index contributed by atoms with van der Waals surface area (Å²) in [6.07, 6.45) is 1.96. The van der Waals surface area contributed by atoms with Gasteiger partial charge in [-0.3, -0.25) is 14.2 Å². The Labute approximate surface area is 119 Å². The molecule has 1 aromatic heterocycles. The summed E-state index contributed by atoms with van der Waals surface area (Å²) in [4.78, 5) is 33.8. The van der Waals surface area contributed by atoms with E-state index in [1.54, 1.807) is 4.57 Å². The van der Waals surface area contributed by atoms with Crippen molar-refractivity contribution >= 4 is 23.6 Å². The maximum Gasteiger partial charge on any atom is 0.344 e. The van der Waals surface area contributed by atoms with E-state index in [1.807, 2.05) is 0 Å². The second-order valence-electron chi connectivity index (χ2n) is 4.53. The quantitative estimate of drug-likeness (QED) is 0.453. The smallest absolute Gasteiger partial charge is 0.344 e. The number of amides is 2. The first-order valence-corrected chi connectivity index (χ1v) is 7.37. The van der Waals surface area contributed by atoms with Crippen LogP contribution >= 0.6 is 11.8 Å². The lowest BCUT2D eigenvalue weighted by atomic mass is 10.5. The van der Waals surface area contributed by atoms with Crippen molar-refractivity contribution in [3.63, 3.8) is 0 Å². The molecule has 1 aromatic rings. The van der Waals surface area contributed by atoms with Crippen LogP contribution in [-0.4, -0.2) is 45.4 Å². The standard InChI is InChI=1S/C11H17N5O3S/c1-7(17)12-4-5-13-9(18)6-20-11-15-14-10(19)16(11)8-2-3-8/h8H,2-6H2,1H3,(H,12,17)(H,13,18)(H,14,19). The largest absolute Gasteiger partial charge is 0.355 e. The Balaban J connectivity index is 1.73. The summed E-state index contributed by atoms with van der Waals surface area (Å²) in [7, 11) is 0. The van der Waals surface area contributed by atoms with Gasteiger partial charge in [0.05, 0.1) is 5.75 Å². The third kappa shape index (κ3) is 4.12. The summed E-state index contributed by atoms with van der Waals surface area (Å²) < 4.78 is 1.61. The molecule has 20 heavy (non-hydrogen) atoms. The maximum absolute atomic E-state index is 11.6. The van der Waals surface area contributed by atoms with Gasteiger partial charge in [-0.1, -0.05) is 11.8 Å². The molecule has 2 rings (SSSR count). The van der Waals surface area contributed by atoms with Gasteiger partial charge in [0, 0.05) is 26.1 Å². The average Bonchev–Trinajstić information content (AvgIpc) is 3.16. The normalized spacial score (nSPS) is 14.1. The van der Waals surface area contributed by atoms with Crippen molar-refractivity contribution in [3.8, 4) is 0 Å². The van der Waals surface area contributed by atoms with Crippen LogP contribution in [0.25, 0.3) is 0 Å². The predicted molar refractivity (Wildman–Crippen MR) is 73.5 cm³/mol. The van der Waals surface area contributed by atoms with Gasteiger partial charge in [-0.05, 0) is 12.8 Å². The Kier molecular flexibility index (Phi) is 4.83. The highest BCUT2D eigenvalue weighted by Gasteiger charge is 2.28. The van der Waals surface area contributed by atoms with Crippen LogP contribution in [0.3, 0.4) is 0 Å². The Morgan fingerprint density at radius 1 is 1.40 bits per heavy atom. The summed E-state index contributed by atoms with van der Waals surface area (Å²) >= 11 is 1.23. The highest BCUT2D eigenvalue weighted by Crippen LogP contribution is 2.35. The second-order valence-corrected chi connectivity index (χ2v) is 5.48. The molecule has 0 atom stereocenters. The molecule has 8 nitrogen and oxygen atoms in total. The molecule has 0 spiro atoms. The van der Waals surface area contributed by atoms with Crippen molar-refractivity contribution in [2.75, 3.05) is 18.8 Å². The zero-order valence-corrected chi connectivity index (χ0v) is 12.0. The lowest BCUT2D eigenvalue weighted by molar-refractivity contribution is -0.120. The van der Waals surface area contributed by atoms with Crippen molar-refractivity contribution in [2.24, 2.45) is 0 Å². The minimum absolute atomic E-state index is 0.126. The fraction of sp³-hybridized carbons (Fsp3) is 0.636. The zero-order chi connectivity index (χ0) is 14.5. The minimum atomic E-state index is -0.221. The van der Waals surface area contributed by atoms with Crippen LogP contribution in [0.15, 0.2) is 9.95 Å². The van der Waals surface area contributed by atoms with E-state index in [0.717, 1.165) is 12.8 Å². The molecule has 9 heteroatoms. The van der Waals surface area contributed by atoms with E-state index in [4.69, 9.17) is 0 Å². The number of hydrogen-bond acceptors (Lipinski definition) is 5. The van der Waals surface area contributed by atoms with Crippen molar-refractivity contribution < 1.29 is 9.59 Å². The van der Waals surface area contributed by atoms with Gasteiger partial charge in [0.15, 0.2) is 5.16 Å². The molecule has 0 radical (unpaired) electrons. The monoisotopic (exact) mass is 299 g/mol. The second kappa shape index (κ2) is 6.60. The summed E-state index contributed by atoms with van der Waals surface area (Å²) in [5.74, 6) is -0.0892. The van der Waals surface area contributed by atoms with E-state index < -0.39 is 0 Å². The van der Waals surface area contributed by atoms with Gasteiger partial charge in [0.2, 0.25) is 11.8 Å². The molecule has 1 saturated carbocycles. The van der Waals surface area contributed by atoms with Crippen molar-refractivity contribution in [2.45, 2.75) is 31.0 Å². The maximum atomic E-state index is 11.6. The topological polar surface area (TPSA) is 109 Å². The van der Waals surface area contributed by atoms with Crippen LogP contribution in [-0.2, 0) is 9.59 Å². The van der Waals surface area contributed by atoms with Crippen LogP contribution < -0.4 is 16.3 Å². The van der Waals surface area contributed by atoms with Gasteiger partial charge in [0.1, 0.15) is 0 Å². The molecular weight excluding hydrogens is 282 g/mol. The van der Waals surface area contributed by atoms with Crippen LogP contribution in [0.1, 0.15) is 25.8 Å². The zero-order valence-electron chi connectivity index (χ0n) is 11.1. The van der Waals surface area contributed by atoms with Gasteiger partial charge in [-0.2, -0.15) is 0 Å².